The van der Waals surface area contributed by atoms with Gasteiger partial charge in [0.25, 0.3) is 0 Å². The Balaban J connectivity index is 2.59. The molecule has 40 valence electrons. The summed E-state index contributed by atoms with van der Waals surface area (Å²) < 4.78 is 0. The largest absolute Gasteiger partial charge is 0.314 e. The van der Waals surface area contributed by atoms with E-state index in [0.29, 0.717) is 0 Å². The van der Waals surface area contributed by atoms with Gasteiger partial charge < -0.3 is 5.73 Å². The maximum Gasteiger partial charge on any atom is 0.0988 e. The Kier molecular flexibility index (Phi) is 1.06. The first-order valence-electron chi connectivity index (χ1n) is 2.65. The lowest BCUT2D eigenvalue weighted by Crippen LogP contribution is -2.50. The van der Waals surface area contributed by atoms with E-state index in [0.717, 1.165) is 12.8 Å². The summed E-state index contributed by atoms with van der Waals surface area (Å²) in [5.41, 5.74) is 4.77. The molecule has 0 unspecified atom stereocenters. The highest BCUT2D eigenvalue weighted by Crippen LogP contribution is 2.38. The van der Waals surface area contributed by atoms with Crippen LogP contribution in [0.25, 0.3) is 0 Å². The minimum Gasteiger partial charge on any atom is -0.314 e. The summed E-state index contributed by atoms with van der Waals surface area (Å²) in [6.45, 7) is 0. The molecule has 2 radical (unpaired) electrons. The van der Waals surface area contributed by atoms with Crippen LogP contribution in [0.5, 0.6) is 0 Å². The van der Waals surface area contributed by atoms with Gasteiger partial charge in [-0.05, 0) is 12.2 Å². The van der Waals surface area contributed by atoms with Crippen molar-refractivity contribution in [3.8, 4) is 6.07 Å². The van der Waals surface area contributed by atoms with Crippen molar-refractivity contribution in [3.63, 3.8) is 0 Å². The summed E-state index contributed by atoms with van der Waals surface area (Å²) in [6, 6.07) is 1.98. The third-order valence-corrected chi connectivity index (χ3v) is 1.74. The Morgan fingerprint density at radius 3 is 2.50 bits per heavy atom. The molecule has 0 heterocycles. The number of nitrogens with two attached hydrogens (primary N) is 1. The Bertz CT molecular complexity index is 140. The molecule has 2 N–H and O–H groups in total. The van der Waals surface area contributed by atoms with Gasteiger partial charge in [0.05, 0.1) is 19.5 Å². The first-order valence-corrected chi connectivity index (χ1v) is 2.65. The van der Waals surface area contributed by atoms with Gasteiger partial charge in [0.1, 0.15) is 0 Å². The van der Waals surface area contributed by atoms with Gasteiger partial charge in [-0.25, -0.2) is 0 Å². The van der Waals surface area contributed by atoms with E-state index in [1.165, 1.54) is 0 Å². The van der Waals surface area contributed by atoms with Gasteiger partial charge in [0, 0.05) is 0 Å². The second-order valence-electron chi connectivity index (χ2n) is 2.30. The zero-order valence-corrected chi connectivity index (χ0v) is 4.59. The van der Waals surface area contributed by atoms with Crippen molar-refractivity contribution in [2.45, 2.75) is 24.2 Å². The number of nitriles is 1. The van der Waals surface area contributed by atoms with Crippen molar-refractivity contribution in [1.29, 1.82) is 5.26 Å². The molecule has 2 nitrogen and oxygen atoms in total. The second-order valence-corrected chi connectivity index (χ2v) is 2.30. The SMILES string of the molecule is [B][C@H]1CC[C@]1(N)C#N. The van der Waals surface area contributed by atoms with Gasteiger partial charge >= 0.3 is 0 Å². The lowest BCUT2D eigenvalue weighted by atomic mass is 9.58. The highest BCUT2D eigenvalue weighted by atomic mass is 14.8. The first-order chi connectivity index (χ1) is 3.69. The van der Waals surface area contributed by atoms with Gasteiger partial charge in [0.2, 0.25) is 0 Å². The van der Waals surface area contributed by atoms with Gasteiger partial charge in [-0.3, -0.25) is 0 Å². The molecule has 0 saturated heterocycles. The molecule has 1 aliphatic rings. The van der Waals surface area contributed by atoms with Gasteiger partial charge in [-0.1, -0.05) is 6.42 Å². The molecule has 3 heteroatoms. The van der Waals surface area contributed by atoms with Crippen LogP contribution in [-0.4, -0.2) is 13.4 Å². The van der Waals surface area contributed by atoms with Gasteiger partial charge in [-0.2, -0.15) is 5.26 Å². The molecule has 1 saturated carbocycles. The Morgan fingerprint density at radius 1 is 1.88 bits per heavy atom. The predicted molar refractivity (Wildman–Crippen MR) is 31.3 cm³/mol. The number of rotatable bonds is 0. The molecule has 0 spiro atoms. The van der Waals surface area contributed by atoms with E-state index in [-0.39, 0.29) is 5.82 Å². The lowest BCUT2D eigenvalue weighted by molar-refractivity contribution is 0.328. The first kappa shape index (κ1) is 5.65. The number of hydrogen-bond donors (Lipinski definition) is 1. The Morgan fingerprint density at radius 2 is 2.50 bits per heavy atom. The molecule has 8 heavy (non-hydrogen) atoms. The van der Waals surface area contributed by atoms with E-state index in [4.69, 9.17) is 18.8 Å². The fraction of sp³-hybridized carbons (Fsp3) is 0.800. The molecule has 0 aromatic rings. The zero-order chi connectivity index (χ0) is 6.20. The van der Waals surface area contributed by atoms with E-state index in [1.807, 2.05) is 6.07 Å². The monoisotopic (exact) mass is 106 g/mol. The standard InChI is InChI=1S/C5H7BN2/c6-4-1-2-5(4,8)3-7/h4H,1-2,8H2/t4-,5-/m0/s1. The quantitative estimate of drug-likeness (QED) is 0.440. The molecule has 0 aromatic heterocycles. The van der Waals surface area contributed by atoms with Crippen LogP contribution in [0.4, 0.5) is 0 Å². The maximum absolute atomic E-state index is 8.36. The average molecular weight is 106 g/mol. The van der Waals surface area contributed by atoms with Crippen molar-refractivity contribution in [2.75, 3.05) is 0 Å². The fourth-order valence-electron chi connectivity index (χ4n) is 0.761. The Hall–Kier alpha value is -0.485. The molecule has 0 amide bonds. The van der Waals surface area contributed by atoms with E-state index >= 15 is 0 Å². The molecular formula is C5H7BN2. The lowest BCUT2D eigenvalue weighted by Gasteiger charge is -2.39. The molecule has 0 aliphatic heterocycles. The predicted octanol–water partition coefficient (Wildman–Crippen LogP) is -0.0417. The van der Waals surface area contributed by atoms with E-state index < -0.39 is 5.54 Å². The van der Waals surface area contributed by atoms with Crippen LogP contribution in [0.1, 0.15) is 12.8 Å². The number of nitrogens with zero attached hydrogens (tertiary/aromatic N) is 1. The van der Waals surface area contributed by atoms with Crippen molar-refractivity contribution in [2.24, 2.45) is 5.73 Å². The number of hydrogen-bond acceptors (Lipinski definition) is 2. The molecule has 0 bridgehead atoms. The minimum atomic E-state index is -0.694. The van der Waals surface area contributed by atoms with Crippen LogP contribution in [0, 0.1) is 11.3 Å². The third kappa shape index (κ3) is 0.534. The van der Waals surface area contributed by atoms with E-state index in [2.05, 4.69) is 0 Å². The summed E-state index contributed by atoms with van der Waals surface area (Å²) in [4.78, 5) is 0. The molecule has 2 atom stereocenters. The van der Waals surface area contributed by atoms with Crippen LogP contribution >= 0.6 is 0 Å². The van der Waals surface area contributed by atoms with E-state index in [9.17, 15) is 0 Å². The molecule has 1 aliphatic carbocycles. The molecule has 1 fully saturated rings. The van der Waals surface area contributed by atoms with Crippen molar-refractivity contribution in [3.05, 3.63) is 0 Å². The second kappa shape index (κ2) is 1.49. The summed E-state index contributed by atoms with van der Waals surface area (Å²) in [6.07, 6.45) is 1.65. The fourth-order valence-corrected chi connectivity index (χ4v) is 0.761. The molecular weight excluding hydrogens is 98.9 g/mol. The Labute approximate surface area is 50.1 Å². The third-order valence-electron chi connectivity index (χ3n) is 1.74. The summed E-state index contributed by atoms with van der Waals surface area (Å²) >= 11 is 0. The normalized spacial score (nSPS) is 44.8. The van der Waals surface area contributed by atoms with Crippen LogP contribution < -0.4 is 5.73 Å². The smallest absolute Gasteiger partial charge is 0.0988 e. The topological polar surface area (TPSA) is 49.8 Å². The average Bonchev–Trinajstić information content (AvgIpc) is 1.83. The highest BCUT2D eigenvalue weighted by Gasteiger charge is 2.39. The van der Waals surface area contributed by atoms with Crippen molar-refractivity contribution < 1.29 is 0 Å². The maximum atomic E-state index is 8.36. The summed E-state index contributed by atoms with van der Waals surface area (Å²) in [5, 5.41) is 8.36. The van der Waals surface area contributed by atoms with E-state index in [1.54, 1.807) is 0 Å². The van der Waals surface area contributed by atoms with Crippen LogP contribution in [0.15, 0.2) is 0 Å². The zero-order valence-electron chi connectivity index (χ0n) is 4.59. The minimum absolute atomic E-state index is 0.0903. The van der Waals surface area contributed by atoms with Gasteiger partial charge in [0.15, 0.2) is 0 Å². The van der Waals surface area contributed by atoms with Crippen LogP contribution in [0.2, 0.25) is 5.82 Å². The molecule has 1 rings (SSSR count). The van der Waals surface area contributed by atoms with Crippen molar-refractivity contribution >= 4 is 7.85 Å². The van der Waals surface area contributed by atoms with Crippen LogP contribution in [-0.2, 0) is 0 Å². The van der Waals surface area contributed by atoms with Crippen molar-refractivity contribution in [1.82, 2.24) is 0 Å². The summed E-state index contributed by atoms with van der Waals surface area (Å²) in [5.74, 6) is -0.0903. The van der Waals surface area contributed by atoms with Gasteiger partial charge in [-0.15, -0.1) is 0 Å². The summed E-state index contributed by atoms with van der Waals surface area (Å²) in [7, 11) is 5.42. The van der Waals surface area contributed by atoms with Crippen LogP contribution in [0.3, 0.4) is 0 Å². The highest BCUT2D eigenvalue weighted by molar-refractivity contribution is 6.13. The molecule has 0 aromatic carbocycles.